The third-order valence-electron chi connectivity index (χ3n) is 2.87. The van der Waals surface area contributed by atoms with Crippen molar-refractivity contribution in [1.29, 1.82) is 0 Å². The maximum atomic E-state index is 11.2. The van der Waals surface area contributed by atoms with Crippen LogP contribution in [-0.2, 0) is 721 Å². The third kappa shape index (κ3) is 282. The fourth-order valence-corrected chi connectivity index (χ4v) is 4.34. The number of carbonyl (C=O) groups is 7. The fraction of sp³-hybridized carbons (Fsp3) is 0.405. The second-order valence-electron chi connectivity index (χ2n) is 6.54. The second kappa shape index (κ2) is 266. The molecule has 0 unspecified atom stereocenters. The van der Waals surface area contributed by atoms with Crippen molar-refractivity contribution in [3.05, 3.63) is 41.5 Å². The Morgan fingerprint density at radius 2 is 0.556 bits per heavy atom. The summed E-state index contributed by atoms with van der Waals surface area (Å²) in [5, 5.41) is 0. The van der Waals surface area contributed by atoms with E-state index >= 15 is 0 Å². The van der Waals surface area contributed by atoms with E-state index in [0.717, 1.165) is 113 Å². The molecule has 530 valence electrons. The van der Waals surface area contributed by atoms with Gasteiger partial charge in [0.25, 0.3) is 0 Å². The van der Waals surface area contributed by atoms with Crippen LogP contribution in [0.1, 0.15) is 117 Å². The Morgan fingerprint density at radius 1 is 0.378 bits per heavy atom. The molecule has 0 aliphatic carbocycles. The van der Waals surface area contributed by atoms with Crippen molar-refractivity contribution in [3.8, 4) is 0 Å². The van der Waals surface area contributed by atoms with Gasteiger partial charge in [0.2, 0.25) is 0 Å². The van der Waals surface area contributed by atoms with Crippen molar-refractivity contribution in [3.63, 3.8) is 0 Å². The van der Waals surface area contributed by atoms with Crippen molar-refractivity contribution in [1.82, 2.24) is 0 Å². The number of hydrogen-bond acceptors (Lipinski definition) is 8. The molecule has 0 spiro atoms. The zero-order valence-electron chi connectivity index (χ0n) is 51.0. The summed E-state index contributed by atoms with van der Waals surface area (Å²) in [5.74, 6) is 0.762. The van der Waals surface area contributed by atoms with Gasteiger partial charge in [-0.05, 0) is 0 Å². The molecule has 0 fully saturated rings. The van der Waals surface area contributed by atoms with E-state index in [2.05, 4.69) is 30.8 Å². The standard InChI is InChI=1S/C6HO2.C6H2O2.2C4H3O.2C3H3O.6C2H6.4CH3.B.3Re.36W/c1-5-4-6(7)2-3-8-5;1-3-6(8)4-5(2)7;2*1-3-4(2)5;2*1-3(2)4;6*1-2;;;;;;;;;;;;;;;;;;;;;;;;;;;;;;;;;;;;;;;;;;;;/h4H;4H2;2*2H3;2*1H3;6*1-2H3;4*1H3;;;;;;;;;;;;;;;;;;;;;;;;;;;;;;;;;;;;;;;;/q-1;-2;4*-1;;;;;;;4*-1;;;;;;;;;;;;;;;;;;;;;;;;;;;;;;;;;;;;;;;;. The number of hydrogen-bond donors (Lipinski definition) is 0. The Labute approximate surface area is 952 Å². The van der Waals surface area contributed by atoms with Gasteiger partial charge in [-0.15, -0.1) is 0 Å². The number of rotatable bonds is 12. The van der Waals surface area contributed by atoms with Crippen molar-refractivity contribution in [2.45, 2.75) is 117 Å². The fourth-order valence-electron chi connectivity index (χ4n) is 0.974. The summed E-state index contributed by atoms with van der Waals surface area (Å²) in [5.41, 5.74) is 0. The number of ketones is 7. The number of carbonyl (C=O) groups excluding carboxylic acids is 7. The quantitative estimate of drug-likeness (QED) is 0.164. The van der Waals surface area contributed by atoms with Crippen LogP contribution in [0.5, 0.6) is 0 Å². The first-order valence-electron chi connectivity index (χ1n) is 18.6. The van der Waals surface area contributed by atoms with E-state index in [4.69, 9.17) is 4.74 Å². The Morgan fingerprint density at radius 3 is 0.656 bits per heavy atom. The summed E-state index contributed by atoms with van der Waals surface area (Å²) >= 11 is 53.8. The van der Waals surface area contributed by atoms with Gasteiger partial charge in [-0.3, -0.25) is 0 Å². The van der Waals surface area contributed by atoms with Crippen LogP contribution in [0, 0.1) is 29.7 Å². The summed E-state index contributed by atoms with van der Waals surface area (Å²) in [4.78, 5) is 73.0. The van der Waals surface area contributed by atoms with E-state index in [-0.39, 0.29) is 146 Å². The molecule has 6 radical (unpaired) electrons. The number of Topliss-reactive ketones (excluding diaryl/α,β-unsaturated/α-hetero) is 6. The van der Waals surface area contributed by atoms with E-state index in [0.29, 0.717) is 9.66 Å². The zero-order valence-corrected chi connectivity index (χ0v) is 165. The Kier molecular flexibility index (Phi) is 623. The minimum atomic E-state index is -0.200. The molecule has 0 aromatic heterocycles. The van der Waals surface area contributed by atoms with Gasteiger partial charge in [-0.1, -0.05) is 83.1 Å². The van der Waals surface area contributed by atoms with Crippen LogP contribution in [0.25, 0.3) is 0 Å². The molecular formula is C42H63BO8Re3W36-11. The van der Waals surface area contributed by atoms with Gasteiger partial charge in [-0.2, -0.15) is 0 Å². The van der Waals surface area contributed by atoms with Gasteiger partial charge < -0.3 is 29.7 Å². The van der Waals surface area contributed by atoms with Crippen LogP contribution in [0.15, 0.2) is 11.8 Å². The van der Waals surface area contributed by atoms with Crippen LogP contribution in [0.3, 0.4) is 0 Å². The second-order valence-corrected chi connectivity index (χ2v) is 18.9. The van der Waals surface area contributed by atoms with E-state index in [9.17, 15) is 33.6 Å². The van der Waals surface area contributed by atoms with Crippen LogP contribution in [0.4, 0.5) is 0 Å². The molecule has 1 aliphatic rings. The van der Waals surface area contributed by atoms with Crippen LogP contribution in [-0.4, -0.2) is 99.4 Å². The van der Waals surface area contributed by atoms with Gasteiger partial charge >= 0.3 is 797 Å². The molecule has 1 heterocycles. The normalized spacial score (nSPS) is 6.00. The predicted molar refractivity (Wildman–Crippen MR) is 231 cm³/mol. The molecule has 1 rings (SSSR count). The topological polar surface area (TPSA) is 129 Å². The van der Waals surface area contributed by atoms with Crippen LogP contribution < -0.4 is 0 Å². The third-order valence-corrected chi connectivity index (χ3v) is 23.1. The van der Waals surface area contributed by atoms with E-state index in [1.807, 2.05) is 83.1 Å². The molecule has 48 heteroatoms. The van der Waals surface area contributed by atoms with Crippen molar-refractivity contribution >= 4 is 99.4 Å². The molecule has 8 nitrogen and oxygen atoms in total. The molecule has 1 aliphatic heterocycles. The Bertz CT molecular complexity index is 1560. The molecule has 0 bridgehead atoms. The molecule has 0 amide bonds. The molecular weight excluding hydrogens is 7820 g/mol. The summed E-state index contributed by atoms with van der Waals surface area (Å²) in [6.45, 7) is 30.1. The molecule has 0 N–H and O–H groups in total. The zero-order chi connectivity index (χ0) is 73.6. The maximum absolute atomic E-state index is 11.2. The van der Waals surface area contributed by atoms with Crippen LogP contribution in [0.2, 0.25) is 0 Å². The van der Waals surface area contributed by atoms with Crippen molar-refractivity contribution in [2.75, 3.05) is 0 Å². The SMILES string of the molecule is CC.CC.CC.CC.CC.CC.CC(=O)[C-]=[W].CC(=O)[C-]=[W].CC(=O)[C](=[W])[C-]=[W].CC(=O)[C](=[W])[C-]=[W].O=C([C-]=[W])CC(=O)[C](=[W])[C-]=[W].O=C1C=C([C-]=[W])O[C](=[W])[C]1=[W].[B].[CH3-].[CH3-].[CH3-].[CH3-].[Re].[Re].[Re].[W]=[W].[W]=[W].[W]=[W].[W]=[W].[W]=[W].[W]=[W].[W]=[W].[W]=[W].[W]=[W].[W]=[W].[W]=[W].[W]=[W]. The molecule has 0 atom stereocenters. The molecule has 0 saturated heterocycles. The number of ether oxygens (including phenoxy) is 1. The van der Waals surface area contributed by atoms with Gasteiger partial charge in [0, 0.05) is 69.7 Å². The van der Waals surface area contributed by atoms with Crippen LogP contribution >= 0.6 is 0 Å². The van der Waals surface area contributed by atoms with Crippen molar-refractivity contribution in [2.24, 2.45) is 0 Å². The summed E-state index contributed by atoms with van der Waals surface area (Å²) < 4.78 is 28.0. The van der Waals surface area contributed by atoms with Gasteiger partial charge in [0.05, 0.1) is 0 Å². The number of allylic oxidation sites excluding steroid dienone is 2. The monoisotopic (exact) mass is 7890 g/mol. The molecule has 0 saturated carbocycles. The first-order chi connectivity index (χ1) is 39.2. The van der Waals surface area contributed by atoms with E-state index < -0.39 is 0 Å². The molecule has 90 heavy (non-hydrogen) atoms. The van der Waals surface area contributed by atoms with E-state index in [1.54, 1.807) is 403 Å². The average molecular weight is 7880 g/mol. The summed E-state index contributed by atoms with van der Waals surface area (Å²) in [7, 11) is 0. The first kappa shape index (κ1) is 211. The van der Waals surface area contributed by atoms with E-state index in [1.165, 1.54) is 155 Å². The van der Waals surface area contributed by atoms with Gasteiger partial charge in [0.1, 0.15) is 0 Å². The van der Waals surface area contributed by atoms with Crippen molar-refractivity contribution < 1.29 is 721 Å². The first-order valence-corrected chi connectivity index (χ1v) is 168. The Balaban J connectivity index is -0.0000000144. The average Bonchev–Trinajstić information content (AvgIpc) is 3.58. The molecule has 0 aromatic carbocycles. The summed E-state index contributed by atoms with van der Waals surface area (Å²) in [6, 6.07) is 0. The summed E-state index contributed by atoms with van der Waals surface area (Å²) in [6.07, 6.45) is 1.48. The van der Waals surface area contributed by atoms with Gasteiger partial charge in [0.15, 0.2) is 0 Å². The Hall–Kier alpha value is 22.5. The van der Waals surface area contributed by atoms with Gasteiger partial charge in [-0.25, -0.2) is 0 Å². The minimum absolute atomic E-state index is 0. The predicted octanol–water partition coefficient (Wildman–Crippen LogP) is 3.93. The molecule has 0 aromatic rings.